The Morgan fingerprint density at radius 2 is 1.90 bits per heavy atom. The second kappa shape index (κ2) is 5.32. The van der Waals surface area contributed by atoms with E-state index in [0.717, 1.165) is 11.0 Å². The van der Waals surface area contributed by atoms with E-state index in [1.807, 2.05) is 0 Å². The molecule has 60 valence electrons. The first-order valence-corrected chi connectivity index (χ1v) is 8.34. The summed E-state index contributed by atoms with van der Waals surface area (Å²) in [7, 11) is -1.26. The van der Waals surface area contributed by atoms with Gasteiger partial charge in [0.15, 0.2) is 8.32 Å². The Balaban J connectivity index is 3.28. The molecule has 0 saturated carbocycles. The summed E-state index contributed by atoms with van der Waals surface area (Å²) in [4.78, 5) is 0. The molecule has 0 aliphatic heterocycles. The first-order chi connectivity index (χ1) is 4.56. The first kappa shape index (κ1) is 10.6. The summed E-state index contributed by atoms with van der Waals surface area (Å²) < 4.78 is 6.66. The van der Waals surface area contributed by atoms with Crippen LogP contribution in [0.25, 0.3) is 0 Å². The van der Waals surface area contributed by atoms with E-state index < -0.39 is 8.32 Å². The van der Waals surface area contributed by atoms with Crippen LogP contribution in [0.1, 0.15) is 0 Å². The van der Waals surface area contributed by atoms with E-state index in [4.69, 9.17) is 4.43 Å². The van der Waals surface area contributed by atoms with Gasteiger partial charge >= 0.3 is 0 Å². The van der Waals surface area contributed by atoms with E-state index >= 15 is 0 Å². The number of alkyl halides is 1. The van der Waals surface area contributed by atoms with Crippen molar-refractivity contribution in [3.05, 3.63) is 12.2 Å². The van der Waals surface area contributed by atoms with Crippen molar-refractivity contribution < 1.29 is 4.43 Å². The summed E-state index contributed by atoms with van der Waals surface area (Å²) in [6, 6.07) is 0. The SMILES string of the molecule is C[Si](C)(C)OC/C=C/CI. The van der Waals surface area contributed by atoms with Gasteiger partial charge in [-0.1, -0.05) is 34.7 Å². The third-order valence-electron chi connectivity index (χ3n) is 0.868. The number of halogens is 1. The fourth-order valence-corrected chi connectivity index (χ4v) is 1.38. The second-order valence-electron chi connectivity index (χ2n) is 3.05. The van der Waals surface area contributed by atoms with Gasteiger partial charge in [-0.25, -0.2) is 0 Å². The third kappa shape index (κ3) is 8.65. The van der Waals surface area contributed by atoms with Crippen LogP contribution in [0.5, 0.6) is 0 Å². The molecule has 0 aromatic rings. The maximum Gasteiger partial charge on any atom is 0.184 e. The van der Waals surface area contributed by atoms with Crippen molar-refractivity contribution in [2.24, 2.45) is 0 Å². The van der Waals surface area contributed by atoms with E-state index in [9.17, 15) is 0 Å². The summed E-state index contributed by atoms with van der Waals surface area (Å²) >= 11 is 2.32. The monoisotopic (exact) mass is 270 g/mol. The third-order valence-corrected chi connectivity index (χ3v) is 2.41. The lowest BCUT2D eigenvalue weighted by Gasteiger charge is -2.14. The van der Waals surface area contributed by atoms with E-state index in [-0.39, 0.29) is 0 Å². The van der Waals surface area contributed by atoms with Gasteiger partial charge in [0.2, 0.25) is 0 Å². The van der Waals surface area contributed by atoms with Crippen LogP contribution in [-0.2, 0) is 4.43 Å². The minimum absolute atomic E-state index is 0.790. The predicted octanol–water partition coefficient (Wildman–Crippen LogP) is 2.83. The molecule has 0 radical (unpaired) electrons. The van der Waals surface area contributed by atoms with Gasteiger partial charge in [0.05, 0.1) is 6.61 Å². The molecule has 0 aliphatic carbocycles. The van der Waals surface area contributed by atoms with Crippen molar-refractivity contribution in [2.45, 2.75) is 19.6 Å². The molecular weight excluding hydrogens is 255 g/mol. The molecular formula is C7H15IOSi. The fourth-order valence-electron chi connectivity index (χ4n) is 0.429. The smallest absolute Gasteiger partial charge is 0.184 e. The van der Waals surface area contributed by atoms with E-state index in [1.165, 1.54) is 0 Å². The summed E-state index contributed by atoms with van der Waals surface area (Å²) in [5, 5.41) is 0. The maximum atomic E-state index is 5.58. The molecule has 0 N–H and O–H groups in total. The zero-order valence-corrected chi connectivity index (χ0v) is 10.0. The molecule has 0 unspecified atom stereocenters. The maximum absolute atomic E-state index is 5.58. The molecule has 0 amide bonds. The molecule has 0 rings (SSSR count). The topological polar surface area (TPSA) is 9.23 Å². The highest BCUT2D eigenvalue weighted by Crippen LogP contribution is 2.01. The number of hydrogen-bond acceptors (Lipinski definition) is 1. The van der Waals surface area contributed by atoms with Crippen molar-refractivity contribution in [1.82, 2.24) is 0 Å². The van der Waals surface area contributed by atoms with E-state index in [2.05, 4.69) is 54.4 Å². The van der Waals surface area contributed by atoms with Crippen LogP contribution in [0.2, 0.25) is 19.6 Å². The summed E-state index contributed by atoms with van der Waals surface area (Å²) in [6.07, 6.45) is 4.21. The fraction of sp³-hybridized carbons (Fsp3) is 0.714. The predicted molar refractivity (Wildman–Crippen MR) is 57.3 cm³/mol. The molecule has 3 heteroatoms. The van der Waals surface area contributed by atoms with Crippen LogP contribution in [0.3, 0.4) is 0 Å². The summed E-state index contributed by atoms with van der Waals surface area (Å²) in [5.41, 5.74) is 0. The van der Waals surface area contributed by atoms with Gasteiger partial charge in [0, 0.05) is 4.43 Å². The zero-order chi connectivity index (χ0) is 8.04. The molecule has 0 fully saturated rings. The quantitative estimate of drug-likeness (QED) is 0.330. The Morgan fingerprint density at radius 3 is 2.30 bits per heavy atom. The molecule has 0 aliphatic rings. The molecule has 0 saturated heterocycles. The molecule has 0 heterocycles. The van der Waals surface area contributed by atoms with Gasteiger partial charge in [-0.15, -0.1) is 0 Å². The molecule has 0 aromatic carbocycles. The lowest BCUT2D eigenvalue weighted by atomic mass is 10.6. The van der Waals surface area contributed by atoms with Crippen LogP contribution in [-0.4, -0.2) is 19.4 Å². The number of hydrogen-bond donors (Lipinski definition) is 0. The van der Waals surface area contributed by atoms with E-state index in [0.29, 0.717) is 0 Å². The summed E-state index contributed by atoms with van der Waals surface area (Å²) in [6.45, 7) is 7.39. The van der Waals surface area contributed by atoms with Crippen molar-refractivity contribution in [3.8, 4) is 0 Å². The van der Waals surface area contributed by atoms with Gasteiger partial charge in [-0.3, -0.25) is 0 Å². The van der Waals surface area contributed by atoms with Crippen molar-refractivity contribution in [2.75, 3.05) is 11.0 Å². The number of rotatable bonds is 4. The van der Waals surface area contributed by atoms with Gasteiger partial charge in [0.1, 0.15) is 0 Å². The average Bonchev–Trinajstić information content (AvgIpc) is 1.78. The standard InChI is InChI=1S/C7H15IOSi/c1-10(2,3)9-7-5-4-6-8/h4-5H,6-7H2,1-3H3/b5-4+. The van der Waals surface area contributed by atoms with Gasteiger partial charge in [0.25, 0.3) is 0 Å². The van der Waals surface area contributed by atoms with Crippen LogP contribution in [0.15, 0.2) is 12.2 Å². The van der Waals surface area contributed by atoms with E-state index in [1.54, 1.807) is 0 Å². The Labute approximate surface area is 78.1 Å². The van der Waals surface area contributed by atoms with Crippen LogP contribution in [0.4, 0.5) is 0 Å². The van der Waals surface area contributed by atoms with Crippen LogP contribution < -0.4 is 0 Å². The Hall–Kier alpha value is 0.647. The second-order valence-corrected chi connectivity index (χ2v) is 8.44. The van der Waals surface area contributed by atoms with Crippen molar-refractivity contribution in [1.29, 1.82) is 0 Å². The molecule has 0 bridgehead atoms. The zero-order valence-electron chi connectivity index (χ0n) is 6.86. The molecule has 1 nitrogen and oxygen atoms in total. The molecule has 0 aromatic heterocycles. The molecule has 0 spiro atoms. The highest BCUT2D eigenvalue weighted by atomic mass is 127. The summed E-state index contributed by atoms with van der Waals surface area (Å²) in [5.74, 6) is 0. The minimum Gasteiger partial charge on any atom is -0.414 e. The van der Waals surface area contributed by atoms with Crippen LogP contribution >= 0.6 is 22.6 Å². The highest BCUT2D eigenvalue weighted by molar-refractivity contribution is 14.1. The van der Waals surface area contributed by atoms with Crippen molar-refractivity contribution >= 4 is 30.9 Å². The Kier molecular flexibility index (Phi) is 5.66. The van der Waals surface area contributed by atoms with Crippen molar-refractivity contribution in [3.63, 3.8) is 0 Å². The average molecular weight is 270 g/mol. The van der Waals surface area contributed by atoms with Gasteiger partial charge in [-0.2, -0.15) is 0 Å². The lowest BCUT2D eigenvalue weighted by molar-refractivity contribution is 0.357. The highest BCUT2D eigenvalue weighted by Gasteiger charge is 2.11. The molecule has 10 heavy (non-hydrogen) atoms. The number of allylic oxidation sites excluding steroid dienone is 1. The Morgan fingerprint density at radius 1 is 1.30 bits per heavy atom. The lowest BCUT2D eigenvalue weighted by Crippen LogP contribution is -2.25. The van der Waals surface area contributed by atoms with Crippen LogP contribution in [0, 0.1) is 0 Å². The van der Waals surface area contributed by atoms with Gasteiger partial charge < -0.3 is 4.43 Å². The van der Waals surface area contributed by atoms with Gasteiger partial charge in [-0.05, 0) is 19.6 Å². The normalized spacial score (nSPS) is 12.8. The minimum atomic E-state index is -1.26. The largest absolute Gasteiger partial charge is 0.414 e. The Bertz CT molecular complexity index is 107. The first-order valence-electron chi connectivity index (χ1n) is 3.41. The molecule has 0 atom stereocenters.